The van der Waals surface area contributed by atoms with Crippen LogP contribution in [0.2, 0.25) is 0 Å². The number of benzene rings is 2. The van der Waals surface area contributed by atoms with Crippen LogP contribution in [0.25, 0.3) is 11.1 Å². The van der Waals surface area contributed by atoms with Crippen molar-refractivity contribution in [3.05, 3.63) is 97.8 Å². The molecule has 0 aromatic heterocycles. The first kappa shape index (κ1) is 32.3. The van der Waals surface area contributed by atoms with E-state index in [1.54, 1.807) is 23.3 Å². The molecule has 0 saturated carbocycles. The Morgan fingerprint density at radius 2 is 1.54 bits per heavy atom. The van der Waals surface area contributed by atoms with Gasteiger partial charge in [0.25, 0.3) is 0 Å². The van der Waals surface area contributed by atoms with E-state index in [9.17, 15) is 0 Å². The fourth-order valence-electron chi connectivity index (χ4n) is 2.34. The Morgan fingerprint density at radius 1 is 0.964 bits per heavy atom. The van der Waals surface area contributed by atoms with Crippen molar-refractivity contribution in [2.75, 3.05) is 0 Å². The van der Waals surface area contributed by atoms with Gasteiger partial charge in [-0.1, -0.05) is 49.2 Å². The molecule has 0 aliphatic heterocycles. The van der Waals surface area contributed by atoms with Gasteiger partial charge in [0.1, 0.15) is 0 Å². The molecular formula is C24H32Cl2SiZr-4. The summed E-state index contributed by atoms with van der Waals surface area (Å²) in [6, 6.07) is 18.1. The van der Waals surface area contributed by atoms with Crippen molar-refractivity contribution in [3.8, 4) is 11.1 Å². The summed E-state index contributed by atoms with van der Waals surface area (Å²) >= 11 is 1.58. The molecule has 0 amide bonds. The van der Waals surface area contributed by atoms with Crippen LogP contribution in [0.4, 0.5) is 0 Å². The minimum atomic E-state index is 0. The molecule has 2 aromatic rings. The molecule has 4 rings (SSSR count). The fraction of sp³-hybridized carbons (Fsp3) is 0.250. The number of hydrogen-bond acceptors (Lipinski definition) is 0. The Hall–Kier alpha value is -0.400. The quantitative estimate of drug-likeness (QED) is 0.232. The molecule has 0 N–H and O–H groups in total. The molecular weight excluding hydrogens is 478 g/mol. The Labute approximate surface area is 202 Å². The van der Waals surface area contributed by atoms with Crippen molar-refractivity contribution in [2.24, 2.45) is 0 Å². The van der Waals surface area contributed by atoms with Gasteiger partial charge in [-0.3, -0.25) is 6.08 Å². The summed E-state index contributed by atoms with van der Waals surface area (Å²) in [6.07, 6.45) is 13.0. The molecule has 0 spiro atoms. The molecule has 2 aliphatic rings. The van der Waals surface area contributed by atoms with Crippen LogP contribution in [-0.4, -0.2) is 6.88 Å². The van der Waals surface area contributed by atoms with Crippen LogP contribution in [-0.2, 0) is 29.8 Å². The van der Waals surface area contributed by atoms with E-state index in [1.165, 1.54) is 22.3 Å². The zero-order chi connectivity index (χ0) is 19.6. The summed E-state index contributed by atoms with van der Waals surface area (Å²) in [5.74, 6) is 0. The maximum absolute atomic E-state index is 3.49. The summed E-state index contributed by atoms with van der Waals surface area (Å²) in [6.45, 7) is 13.0. The van der Waals surface area contributed by atoms with Crippen LogP contribution in [0.1, 0.15) is 44.2 Å². The molecule has 0 heterocycles. The maximum atomic E-state index is 3.49. The molecule has 0 saturated heterocycles. The third-order valence-electron chi connectivity index (χ3n) is 3.20. The van der Waals surface area contributed by atoms with Crippen molar-refractivity contribution < 1.29 is 23.3 Å². The van der Waals surface area contributed by atoms with Gasteiger partial charge in [-0.2, -0.15) is 48.7 Å². The second-order valence-corrected chi connectivity index (χ2v) is 5.40. The van der Waals surface area contributed by atoms with E-state index < -0.39 is 0 Å². The molecule has 0 unspecified atom stereocenters. The Balaban J connectivity index is -0.000000354. The topological polar surface area (TPSA) is 0 Å². The van der Waals surface area contributed by atoms with Gasteiger partial charge in [0.15, 0.2) is 0 Å². The minimum absolute atomic E-state index is 0. The van der Waals surface area contributed by atoms with E-state index in [1.807, 2.05) is 38.9 Å². The van der Waals surface area contributed by atoms with E-state index in [0.29, 0.717) is 0 Å². The van der Waals surface area contributed by atoms with Gasteiger partial charge in [0.05, 0.1) is 0 Å². The number of halogens is 2. The van der Waals surface area contributed by atoms with E-state index in [4.69, 9.17) is 0 Å². The predicted molar refractivity (Wildman–Crippen MR) is 129 cm³/mol. The molecule has 0 bridgehead atoms. The van der Waals surface area contributed by atoms with Gasteiger partial charge in [0.2, 0.25) is 0 Å². The number of hydrogen-bond donors (Lipinski definition) is 0. The number of fused-ring (bicyclic) bond motifs is 3. The van der Waals surface area contributed by atoms with E-state index in [0.717, 1.165) is 25.7 Å². The summed E-state index contributed by atoms with van der Waals surface area (Å²) in [5.41, 5.74) is 5.51. The minimum Gasteiger partial charge on any atom is -0.179 e. The normalized spacial score (nSPS) is 10.2. The first-order valence-corrected chi connectivity index (χ1v) is 14.9. The third kappa shape index (κ3) is 12.9. The van der Waals surface area contributed by atoms with Gasteiger partial charge in [-0.15, -0.1) is 36.8 Å². The van der Waals surface area contributed by atoms with Crippen molar-refractivity contribution >= 4 is 31.7 Å². The van der Waals surface area contributed by atoms with Gasteiger partial charge in [-0.05, 0) is 6.42 Å². The van der Waals surface area contributed by atoms with Crippen LogP contribution >= 0.6 is 24.8 Å². The standard InChI is InChI=1S/C13H9.C5H5.2C3H7.2ClH.H2Si.Zr/c1-3-7-12-10(5-1)9-11-6-2-4-8-13(11)12;1-2-4-5-3-1;2*1-3-2;;;;/h1-5,7-8H,9H2;1-3H,4H2;2*1,3H2,2H3;2*1H;1H2;/q4*-1;;;;. The number of allylic oxidation sites excluding steroid dienone is 4. The first-order valence-electron chi connectivity index (χ1n) is 9.01. The maximum Gasteiger partial charge on any atom is -0.0253 e. The molecule has 154 valence electrons. The molecule has 4 heteroatoms. The second kappa shape index (κ2) is 22.9. The SMILES string of the molecule is Cl.Cl.[C-]1=CC=CC1.[CH2-]CC.[CH2-]CC.[SiH2]=[Zr].[c-]1cccc2c1Cc1ccccc1-2. The first-order chi connectivity index (χ1) is 12.8. The fourth-order valence-corrected chi connectivity index (χ4v) is 2.34. The van der Waals surface area contributed by atoms with Gasteiger partial charge >= 0.3 is 30.2 Å². The summed E-state index contributed by atoms with van der Waals surface area (Å²) in [5, 5.41) is 0. The average Bonchev–Trinajstić information content (AvgIpc) is 3.36. The van der Waals surface area contributed by atoms with Crippen molar-refractivity contribution in [1.82, 2.24) is 0 Å². The van der Waals surface area contributed by atoms with Gasteiger partial charge in [0, 0.05) is 0 Å². The van der Waals surface area contributed by atoms with Crippen LogP contribution in [0, 0.1) is 26.0 Å². The smallest absolute Gasteiger partial charge is 0.0253 e. The number of rotatable bonds is 0. The molecule has 0 nitrogen and oxygen atoms in total. The Bertz CT molecular complexity index is 614. The van der Waals surface area contributed by atoms with Crippen LogP contribution in [0.15, 0.2) is 60.7 Å². The second-order valence-electron chi connectivity index (χ2n) is 5.40. The van der Waals surface area contributed by atoms with E-state index in [2.05, 4.69) is 68.5 Å². The van der Waals surface area contributed by atoms with Crippen molar-refractivity contribution in [3.63, 3.8) is 0 Å². The van der Waals surface area contributed by atoms with Gasteiger partial charge in [-0.25, -0.2) is 12.2 Å². The summed E-state index contributed by atoms with van der Waals surface area (Å²) < 4.78 is 0. The van der Waals surface area contributed by atoms with E-state index in [-0.39, 0.29) is 24.8 Å². The summed E-state index contributed by atoms with van der Waals surface area (Å²) in [7, 11) is 0. The Kier molecular flexibility index (Phi) is 26.4. The molecule has 2 aromatic carbocycles. The summed E-state index contributed by atoms with van der Waals surface area (Å²) in [4.78, 5) is 0. The van der Waals surface area contributed by atoms with Crippen LogP contribution < -0.4 is 0 Å². The van der Waals surface area contributed by atoms with Crippen LogP contribution in [0.3, 0.4) is 0 Å². The molecule has 2 aliphatic carbocycles. The zero-order valence-corrected chi connectivity index (χ0v) is 22.5. The molecule has 0 radical (unpaired) electrons. The van der Waals surface area contributed by atoms with Crippen LogP contribution in [0.5, 0.6) is 0 Å². The average molecular weight is 511 g/mol. The third-order valence-corrected chi connectivity index (χ3v) is 3.20. The van der Waals surface area contributed by atoms with Gasteiger partial charge < -0.3 is 13.8 Å². The predicted octanol–water partition coefficient (Wildman–Crippen LogP) is 6.75. The largest absolute Gasteiger partial charge is 0.179 e. The molecule has 0 fully saturated rings. The monoisotopic (exact) mass is 508 g/mol. The van der Waals surface area contributed by atoms with Crippen molar-refractivity contribution in [2.45, 2.75) is 39.5 Å². The van der Waals surface area contributed by atoms with Crippen molar-refractivity contribution in [1.29, 1.82) is 0 Å². The zero-order valence-electron chi connectivity index (χ0n) is 17.0. The van der Waals surface area contributed by atoms with E-state index >= 15 is 0 Å². The molecule has 0 atom stereocenters. The molecule has 28 heavy (non-hydrogen) atoms. The Morgan fingerprint density at radius 3 is 2.04 bits per heavy atom.